The summed E-state index contributed by atoms with van der Waals surface area (Å²) in [6.45, 7) is 6.07. The fourth-order valence-electron chi connectivity index (χ4n) is 2.34. The number of halogens is 1. The molecule has 100 valence electrons. The second kappa shape index (κ2) is 6.55. The molecular formula is C14H21BrN2O. The third-order valence-electron chi connectivity index (χ3n) is 3.40. The average Bonchev–Trinajstić information content (AvgIpc) is 2.85. The number of rotatable bonds is 5. The standard InChI is InChI=1S/C14H21BrN2O/c1-2-17(10-13-4-3-7-18-13)9-11-8-12(16)5-6-14(11)15/h5-6,8,13H,2-4,7,9-10,16H2,1H3. The highest BCUT2D eigenvalue weighted by Crippen LogP contribution is 2.22. The first-order chi connectivity index (χ1) is 8.69. The number of hydrogen-bond acceptors (Lipinski definition) is 3. The van der Waals surface area contributed by atoms with Gasteiger partial charge in [-0.05, 0) is 43.1 Å². The number of anilines is 1. The average molecular weight is 313 g/mol. The van der Waals surface area contributed by atoms with Gasteiger partial charge in [0.1, 0.15) is 0 Å². The molecule has 1 aromatic rings. The Labute approximate surface area is 117 Å². The first kappa shape index (κ1) is 13.8. The van der Waals surface area contributed by atoms with E-state index in [1.165, 1.54) is 18.4 Å². The number of likely N-dealkylation sites (N-methyl/N-ethyl adjacent to an activating group) is 1. The van der Waals surface area contributed by atoms with Gasteiger partial charge in [-0.1, -0.05) is 22.9 Å². The van der Waals surface area contributed by atoms with Crippen LogP contribution in [0, 0.1) is 0 Å². The molecule has 1 heterocycles. The first-order valence-corrected chi connectivity index (χ1v) is 7.36. The fraction of sp³-hybridized carbons (Fsp3) is 0.571. The van der Waals surface area contributed by atoms with Crippen molar-refractivity contribution in [3.63, 3.8) is 0 Å². The minimum atomic E-state index is 0.407. The highest BCUT2D eigenvalue weighted by Gasteiger charge is 2.18. The van der Waals surface area contributed by atoms with Gasteiger partial charge in [-0.3, -0.25) is 4.90 Å². The number of hydrogen-bond donors (Lipinski definition) is 1. The summed E-state index contributed by atoms with van der Waals surface area (Å²) in [5, 5.41) is 0. The Morgan fingerprint density at radius 2 is 2.33 bits per heavy atom. The monoisotopic (exact) mass is 312 g/mol. The minimum absolute atomic E-state index is 0.407. The predicted molar refractivity (Wildman–Crippen MR) is 78.5 cm³/mol. The highest BCUT2D eigenvalue weighted by molar-refractivity contribution is 9.10. The van der Waals surface area contributed by atoms with Gasteiger partial charge in [0.15, 0.2) is 0 Å². The van der Waals surface area contributed by atoms with Crippen LogP contribution in [0.5, 0.6) is 0 Å². The summed E-state index contributed by atoms with van der Waals surface area (Å²) in [7, 11) is 0. The quantitative estimate of drug-likeness (QED) is 0.849. The molecule has 1 atom stereocenters. The Balaban J connectivity index is 1.98. The van der Waals surface area contributed by atoms with Gasteiger partial charge in [-0.25, -0.2) is 0 Å². The SMILES string of the molecule is CCN(Cc1cc(N)ccc1Br)CC1CCCO1. The van der Waals surface area contributed by atoms with Crippen molar-refractivity contribution in [2.75, 3.05) is 25.4 Å². The van der Waals surface area contributed by atoms with Crippen molar-refractivity contribution in [3.05, 3.63) is 28.2 Å². The van der Waals surface area contributed by atoms with Gasteiger partial charge in [0.05, 0.1) is 6.10 Å². The first-order valence-electron chi connectivity index (χ1n) is 6.57. The Hall–Kier alpha value is -0.580. The number of nitrogen functional groups attached to an aromatic ring is 1. The van der Waals surface area contributed by atoms with Crippen LogP contribution in [-0.2, 0) is 11.3 Å². The zero-order chi connectivity index (χ0) is 13.0. The number of ether oxygens (including phenoxy) is 1. The van der Waals surface area contributed by atoms with E-state index >= 15 is 0 Å². The molecule has 0 bridgehead atoms. The van der Waals surface area contributed by atoms with E-state index < -0.39 is 0 Å². The third-order valence-corrected chi connectivity index (χ3v) is 4.17. The lowest BCUT2D eigenvalue weighted by Gasteiger charge is -2.24. The van der Waals surface area contributed by atoms with Crippen LogP contribution in [0.25, 0.3) is 0 Å². The normalized spacial score (nSPS) is 19.6. The Bertz CT molecular complexity index is 391. The summed E-state index contributed by atoms with van der Waals surface area (Å²) in [5.74, 6) is 0. The van der Waals surface area contributed by atoms with E-state index in [4.69, 9.17) is 10.5 Å². The molecule has 1 unspecified atom stereocenters. The lowest BCUT2D eigenvalue weighted by Crippen LogP contribution is -2.31. The Kier molecular flexibility index (Phi) is 5.03. The summed E-state index contributed by atoms with van der Waals surface area (Å²) in [4.78, 5) is 2.41. The van der Waals surface area contributed by atoms with Crippen LogP contribution in [0.3, 0.4) is 0 Å². The van der Waals surface area contributed by atoms with E-state index in [0.717, 1.165) is 36.4 Å². The molecular weight excluding hydrogens is 292 g/mol. The summed E-state index contributed by atoms with van der Waals surface area (Å²) >= 11 is 3.59. The molecule has 2 rings (SSSR count). The van der Waals surface area contributed by atoms with E-state index in [-0.39, 0.29) is 0 Å². The van der Waals surface area contributed by atoms with Crippen LogP contribution in [0.15, 0.2) is 22.7 Å². The van der Waals surface area contributed by atoms with E-state index in [0.29, 0.717) is 6.10 Å². The largest absolute Gasteiger partial charge is 0.399 e. The molecule has 1 saturated heterocycles. The van der Waals surface area contributed by atoms with Crippen molar-refractivity contribution >= 4 is 21.6 Å². The van der Waals surface area contributed by atoms with E-state index in [9.17, 15) is 0 Å². The van der Waals surface area contributed by atoms with E-state index in [1.807, 2.05) is 18.2 Å². The molecule has 1 aliphatic heterocycles. The maximum absolute atomic E-state index is 5.84. The molecule has 1 aliphatic rings. The summed E-state index contributed by atoms with van der Waals surface area (Å²) in [6, 6.07) is 5.98. The molecule has 0 amide bonds. The van der Waals surface area contributed by atoms with Crippen molar-refractivity contribution in [1.82, 2.24) is 4.90 Å². The second-order valence-corrected chi connectivity index (χ2v) is 5.67. The van der Waals surface area contributed by atoms with Crippen molar-refractivity contribution in [2.24, 2.45) is 0 Å². The summed E-state index contributed by atoms with van der Waals surface area (Å²) < 4.78 is 6.83. The van der Waals surface area contributed by atoms with Gasteiger partial charge in [-0.2, -0.15) is 0 Å². The van der Waals surface area contributed by atoms with Gasteiger partial charge in [0.25, 0.3) is 0 Å². The minimum Gasteiger partial charge on any atom is -0.399 e. The fourth-order valence-corrected chi connectivity index (χ4v) is 2.71. The molecule has 2 N–H and O–H groups in total. The summed E-state index contributed by atoms with van der Waals surface area (Å²) in [5.41, 5.74) is 7.91. The van der Waals surface area contributed by atoms with Gasteiger partial charge in [-0.15, -0.1) is 0 Å². The molecule has 0 saturated carbocycles. The lowest BCUT2D eigenvalue weighted by atomic mass is 10.1. The van der Waals surface area contributed by atoms with Crippen LogP contribution in [-0.4, -0.2) is 30.7 Å². The van der Waals surface area contributed by atoms with Crippen LogP contribution in [0.2, 0.25) is 0 Å². The Morgan fingerprint density at radius 1 is 1.50 bits per heavy atom. The summed E-state index contributed by atoms with van der Waals surface area (Å²) in [6.07, 6.45) is 2.79. The highest BCUT2D eigenvalue weighted by atomic mass is 79.9. The Morgan fingerprint density at radius 3 is 3.00 bits per heavy atom. The van der Waals surface area contributed by atoms with Crippen molar-refractivity contribution in [1.29, 1.82) is 0 Å². The lowest BCUT2D eigenvalue weighted by molar-refractivity contribution is 0.0724. The van der Waals surface area contributed by atoms with Crippen molar-refractivity contribution in [3.8, 4) is 0 Å². The molecule has 0 spiro atoms. The van der Waals surface area contributed by atoms with Crippen LogP contribution in [0.1, 0.15) is 25.3 Å². The van der Waals surface area contributed by atoms with E-state index in [2.05, 4.69) is 27.8 Å². The van der Waals surface area contributed by atoms with Gasteiger partial charge in [0.2, 0.25) is 0 Å². The van der Waals surface area contributed by atoms with Gasteiger partial charge in [0, 0.05) is 29.9 Å². The molecule has 4 heteroatoms. The molecule has 0 aromatic heterocycles. The molecule has 0 aliphatic carbocycles. The van der Waals surface area contributed by atoms with Crippen LogP contribution >= 0.6 is 15.9 Å². The molecule has 3 nitrogen and oxygen atoms in total. The number of benzene rings is 1. The number of nitrogens with zero attached hydrogens (tertiary/aromatic N) is 1. The van der Waals surface area contributed by atoms with Gasteiger partial charge < -0.3 is 10.5 Å². The molecule has 18 heavy (non-hydrogen) atoms. The van der Waals surface area contributed by atoms with Crippen LogP contribution < -0.4 is 5.73 Å². The smallest absolute Gasteiger partial charge is 0.0702 e. The zero-order valence-electron chi connectivity index (χ0n) is 10.9. The molecule has 1 aromatic carbocycles. The van der Waals surface area contributed by atoms with Crippen molar-refractivity contribution < 1.29 is 4.74 Å². The number of nitrogens with two attached hydrogens (primary N) is 1. The maximum atomic E-state index is 5.84. The zero-order valence-corrected chi connectivity index (χ0v) is 12.4. The predicted octanol–water partition coefficient (Wildman–Crippen LogP) is 3.03. The second-order valence-electron chi connectivity index (χ2n) is 4.81. The van der Waals surface area contributed by atoms with Crippen LogP contribution in [0.4, 0.5) is 5.69 Å². The maximum Gasteiger partial charge on any atom is 0.0702 e. The van der Waals surface area contributed by atoms with Gasteiger partial charge >= 0.3 is 0 Å². The van der Waals surface area contributed by atoms with Crippen molar-refractivity contribution in [2.45, 2.75) is 32.4 Å². The third kappa shape index (κ3) is 3.70. The molecule has 1 fully saturated rings. The van der Waals surface area contributed by atoms with E-state index in [1.54, 1.807) is 0 Å². The topological polar surface area (TPSA) is 38.5 Å². The molecule has 0 radical (unpaired) electrons.